The standard InChI is InChI=1S/C11H22N2O3S/c1-11(2,3)6-8-17(15,16)13-7-4-5-9(13)10(12)14/h9H,4-8H2,1-3H3,(H2,12,14)/t9-/m1/s1. The summed E-state index contributed by atoms with van der Waals surface area (Å²) in [4.78, 5) is 11.2. The molecular weight excluding hydrogens is 240 g/mol. The first-order chi connectivity index (χ1) is 7.63. The minimum Gasteiger partial charge on any atom is -0.368 e. The topological polar surface area (TPSA) is 80.5 Å². The van der Waals surface area contributed by atoms with Crippen LogP contribution in [0, 0.1) is 5.41 Å². The number of hydrogen-bond acceptors (Lipinski definition) is 3. The second kappa shape index (κ2) is 4.94. The van der Waals surface area contributed by atoms with Crippen LogP contribution in [-0.4, -0.2) is 37.0 Å². The molecule has 1 fully saturated rings. The van der Waals surface area contributed by atoms with E-state index in [9.17, 15) is 13.2 Å². The van der Waals surface area contributed by atoms with E-state index in [4.69, 9.17) is 5.73 Å². The van der Waals surface area contributed by atoms with Gasteiger partial charge in [-0.3, -0.25) is 4.79 Å². The molecule has 1 atom stereocenters. The monoisotopic (exact) mass is 262 g/mol. The third-order valence-electron chi connectivity index (χ3n) is 3.00. The summed E-state index contributed by atoms with van der Waals surface area (Å²) in [6, 6.07) is -0.639. The molecule has 100 valence electrons. The van der Waals surface area contributed by atoms with Gasteiger partial charge < -0.3 is 5.73 Å². The van der Waals surface area contributed by atoms with Gasteiger partial charge in [0.15, 0.2) is 0 Å². The highest BCUT2D eigenvalue weighted by Gasteiger charge is 2.37. The number of amides is 1. The quantitative estimate of drug-likeness (QED) is 0.810. The third kappa shape index (κ3) is 3.96. The van der Waals surface area contributed by atoms with Gasteiger partial charge in [-0.05, 0) is 24.7 Å². The van der Waals surface area contributed by atoms with E-state index in [1.54, 1.807) is 0 Å². The van der Waals surface area contributed by atoms with Crippen LogP contribution in [-0.2, 0) is 14.8 Å². The molecule has 0 spiro atoms. The number of hydrogen-bond donors (Lipinski definition) is 1. The summed E-state index contributed by atoms with van der Waals surface area (Å²) in [6.07, 6.45) is 1.84. The SMILES string of the molecule is CC(C)(C)CCS(=O)(=O)N1CCC[C@@H]1C(N)=O. The lowest BCUT2D eigenvalue weighted by atomic mass is 9.94. The van der Waals surface area contributed by atoms with Crippen molar-refractivity contribution in [2.75, 3.05) is 12.3 Å². The molecule has 1 amide bonds. The minimum atomic E-state index is -3.35. The Morgan fingerprint density at radius 1 is 1.41 bits per heavy atom. The van der Waals surface area contributed by atoms with Crippen LogP contribution in [0.1, 0.15) is 40.0 Å². The number of carbonyl (C=O) groups is 1. The maximum atomic E-state index is 12.1. The molecule has 0 saturated carbocycles. The maximum Gasteiger partial charge on any atom is 0.235 e. The van der Waals surface area contributed by atoms with Crippen molar-refractivity contribution in [1.82, 2.24) is 4.31 Å². The average molecular weight is 262 g/mol. The second-order valence-corrected chi connectivity index (χ2v) is 7.84. The summed E-state index contributed by atoms with van der Waals surface area (Å²) in [6.45, 7) is 6.41. The molecule has 0 radical (unpaired) electrons. The molecule has 0 aromatic rings. The molecule has 5 nitrogen and oxygen atoms in total. The Bertz CT molecular complexity index is 384. The molecule has 1 aliphatic heterocycles. The van der Waals surface area contributed by atoms with Gasteiger partial charge in [-0.25, -0.2) is 8.42 Å². The Hall–Kier alpha value is -0.620. The lowest BCUT2D eigenvalue weighted by Crippen LogP contribution is -2.44. The Morgan fingerprint density at radius 2 is 2.00 bits per heavy atom. The van der Waals surface area contributed by atoms with Gasteiger partial charge in [-0.2, -0.15) is 4.31 Å². The van der Waals surface area contributed by atoms with Crippen LogP contribution in [0.5, 0.6) is 0 Å². The van der Waals surface area contributed by atoms with Crippen molar-refractivity contribution in [3.05, 3.63) is 0 Å². The summed E-state index contributed by atoms with van der Waals surface area (Å²) in [7, 11) is -3.35. The van der Waals surface area contributed by atoms with Crippen LogP contribution >= 0.6 is 0 Å². The van der Waals surface area contributed by atoms with E-state index in [0.29, 0.717) is 25.8 Å². The van der Waals surface area contributed by atoms with Crippen molar-refractivity contribution in [3.8, 4) is 0 Å². The van der Waals surface area contributed by atoms with Gasteiger partial charge in [0.1, 0.15) is 6.04 Å². The Labute approximate surface area is 103 Å². The molecule has 1 rings (SSSR count). The largest absolute Gasteiger partial charge is 0.368 e. The lowest BCUT2D eigenvalue weighted by Gasteiger charge is -2.24. The predicted molar refractivity (Wildman–Crippen MR) is 66.8 cm³/mol. The zero-order chi connectivity index (χ0) is 13.3. The molecule has 17 heavy (non-hydrogen) atoms. The van der Waals surface area contributed by atoms with E-state index in [1.807, 2.05) is 20.8 Å². The number of sulfonamides is 1. The Kier molecular flexibility index (Phi) is 4.19. The zero-order valence-electron chi connectivity index (χ0n) is 10.8. The molecule has 0 aromatic heterocycles. The summed E-state index contributed by atoms with van der Waals surface area (Å²) in [5.41, 5.74) is 5.19. The first-order valence-electron chi connectivity index (χ1n) is 5.92. The van der Waals surface area contributed by atoms with Gasteiger partial charge in [0.2, 0.25) is 15.9 Å². The van der Waals surface area contributed by atoms with Crippen LogP contribution < -0.4 is 5.73 Å². The van der Waals surface area contributed by atoms with Gasteiger partial charge in [-0.15, -0.1) is 0 Å². The van der Waals surface area contributed by atoms with Crippen LogP contribution in [0.15, 0.2) is 0 Å². The number of primary amides is 1. The number of nitrogens with zero attached hydrogens (tertiary/aromatic N) is 1. The lowest BCUT2D eigenvalue weighted by molar-refractivity contribution is -0.121. The predicted octanol–water partition coefficient (Wildman–Crippen LogP) is 0.702. The van der Waals surface area contributed by atoms with E-state index in [2.05, 4.69) is 0 Å². The average Bonchev–Trinajstić information content (AvgIpc) is 2.62. The van der Waals surface area contributed by atoms with E-state index in [-0.39, 0.29) is 11.2 Å². The van der Waals surface area contributed by atoms with Crippen LogP contribution in [0.4, 0.5) is 0 Å². The molecule has 6 heteroatoms. The van der Waals surface area contributed by atoms with E-state index >= 15 is 0 Å². The fraction of sp³-hybridized carbons (Fsp3) is 0.909. The van der Waals surface area contributed by atoms with Crippen LogP contribution in [0.2, 0.25) is 0 Å². The van der Waals surface area contributed by atoms with Gasteiger partial charge >= 0.3 is 0 Å². The van der Waals surface area contributed by atoms with Crippen molar-refractivity contribution >= 4 is 15.9 Å². The molecule has 2 N–H and O–H groups in total. The molecular formula is C11H22N2O3S. The second-order valence-electron chi connectivity index (χ2n) is 5.80. The summed E-state index contributed by atoms with van der Waals surface area (Å²) >= 11 is 0. The van der Waals surface area contributed by atoms with Gasteiger partial charge in [0.05, 0.1) is 5.75 Å². The molecule has 0 aliphatic carbocycles. The Morgan fingerprint density at radius 3 is 2.47 bits per heavy atom. The fourth-order valence-electron chi connectivity index (χ4n) is 1.91. The first-order valence-corrected chi connectivity index (χ1v) is 7.53. The first kappa shape index (κ1) is 14.4. The highest BCUT2D eigenvalue weighted by molar-refractivity contribution is 7.89. The number of carbonyl (C=O) groups excluding carboxylic acids is 1. The zero-order valence-corrected chi connectivity index (χ0v) is 11.6. The van der Waals surface area contributed by atoms with Crippen LogP contribution in [0.25, 0.3) is 0 Å². The minimum absolute atomic E-state index is 0.0327. The summed E-state index contributed by atoms with van der Waals surface area (Å²) < 4.78 is 25.5. The highest BCUT2D eigenvalue weighted by Crippen LogP contribution is 2.25. The van der Waals surface area contributed by atoms with E-state index < -0.39 is 22.0 Å². The van der Waals surface area contributed by atoms with Crippen LogP contribution in [0.3, 0.4) is 0 Å². The molecule has 1 saturated heterocycles. The van der Waals surface area contributed by atoms with Gasteiger partial charge in [0.25, 0.3) is 0 Å². The molecule has 0 unspecified atom stereocenters. The molecule has 1 aliphatic rings. The summed E-state index contributed by atoms with van der Waals surface area (Å²) in [5.74, 6) is -0.456. The van der Waals surface area contributed by atoms with Gasteiger partial charge in [-0.1, -0.05) is 20.8 Å². The number of rotatable bonds is 4. The van der Waals surface area contributed by atoms with Crippen molar-refractivity contribution in [2.45, 2.75) is 46.1 Å². The van der Waals surface area contributed by atoms with Gasteiger partial charge in [0, 0.05) is 6.54 Å². The number of nitrogens with two attached hydrogens (primary N) is 1. The maximum absolute atomic E-state index is 12.1. The molecule has 1 heterocycles. The van der Waals surface area contributed by atoms with E-state index in [1.165, 1.54) is 4.31 Å². The van der Waals surface area contributed by atoms with Crippen molar-refractivity contribution in [2.24, 2.45) is 11.1 Å². The van der Waals surface area contributed by atoms with Crippen molar-refractivity contribution in [1.29, 1.82) is 0 Å². The smallest absolute Gasteiger partial charge is 0.235 e. The highest BCUT2D eigenvalue weighted by atomic mass is 32.2. The van der Waals surface area contributed by atoms with Crippen molar-refractivity contribution in [3.63, 3.8) is 0 Å². The summed E-state index contributed by atoms with van der Waals surface area (Å²) in [5, 5.41) is 0. The Balaban J connectivity index is 2.73. The van der Waals surface area contributed by atoms with E-state index in [0.717, 1.165) is 0 Å². The third-order valence-corrected chi connectivity index (χ3v) is 4.87. The molecule has 0 bridgehead atoms. The van der Waals surface area contributed by atoms with Crippen molar-refractivity contribution < 1.29 is 13.2 Å². The fourth-order valence-corrected chi connectivity index (χ4v) is 4.02. The normalized spacial score (nSPS) is 22.9. The molecule has 0 aromatic carbocycles.